The van der Waals surface area contributed by atoms with E-state index < -0.39 is 5.82 Å². The highest BCUT2D eigenvalue weighted by Crippen LogP contribution is 2.38. The Morgan fingerprint density at radius 3 is 2.84 bits per heavy atom. The topological polar surface area (TPSA) is 65.2 Å². The van der Waals surface area contributed by atoms with Crippen molar-refractivity contribution in [3.05, 3.63) is 47.6 Å². The number of rotatable bonds is 2. The maximum atomic E-state index is 14.1. The highest BCUT2D eigenvalue weighted by atomic mass is 35.5. The number of anilines is 1. The van der Waals surface area contributed by atoms with E-state index in [2.05, 4.69) is 5.16 Å². The van der Waals surface area contributed by atoms with Crippen molar-refractivity contribution < 1.29 is 13.3 Å². The third-order valence-electron chi connectivity index (χ3n) is 2.73. The fourth-order valence-electron chi connectivity index (χ4n) is 1.86. The molecule has 96 valence electrons. The number of hydrogen-bond acceptors (Lipinski definition) is 4. The van der Waals surface area contributed by atoms with Gasteiger partial charge in [-0.3, -0.25) is 0 Å². The van der Waals surface area contributed by atoms with Gasteiger partial charge in [0.1, 0.15) is 11.5 Å². The van der Waals surface area contributed by atoms with Crippen LogP contribution in [0.25, 0.3) is 22.4 Å². The first-order valence-electron chi connectivity index (χ1n) is 5.40. The predicted octanol–water partition coefficient (Wildman–Crippen LogP) is 3.98. The summed E-state index contributed by atoms with van der Waals surface area (Å²) in [6.45, 7) is 0. The lowest BCUT2D eigenvalue weighted by molar-refractivity contribution is 0.439. The van der Waals surface area contributed by atoms with Gasteiger partial charge in [0.2, 0.25) is 5.88 Å². The van der Waals surface area contributed by atoms with Crippen molar-refractivity contribution in [2.75, 3.05) is 5.73 Å². The van der Waals surface area contributed by atoms with Gasteiger partial charge in [0, 0.05) is 11.1 Å². The van der Waals surface area contributed by atoms with Crippen LogP contribution in [0.2, 0.25) is 5.02 Å². The number of hydrogen-bond donors (Lipinski definition) is 1. The lowest BCUT2D eigenvalue weighted by Gasteiger charge is -2.04. The summed E-state index contributed by atoms with van der Waals surface area (Å²) >= 11 is 5.77. The van der Waals surface area contributed by atoms with Crippen LogP contribution in [0.1, 0.15) is 0 Å². The van der Waals surface area contributed by atoms with E-state index in [4.69, 9.17) is 26.3 Å². The van der Waals surface area contributed by atoms with Gasteiger partial charge in [0.15, 0.2) is 0 Å². The van der Waals surface area contributed by atoms with Crippen molar-refractivity contribution in [1.29, 1.82) is 0 Å². The fraction of sp³-hybridized carbons (Fsp3) is 0. The number of nitrogens with zero attached hydrogens (tertiary/aromatic N) is 1. The molecule has 4 nitrogen and oxygen atoms in total. The molecule has 2 N–H and O–H groups in total. The molecule has 0 saturated carbocycles. The van der Waals surface area contributed by atoms with Crippen molar-refractivity contribution in [2.45, 2.75) is 0 Å². The molecule has 0 aliphatic carbocycles. The third kappa shape index (κ3) is 1.88. The molecule has 0 saturated heterocycles. The molecule has 0 aliphatic heterocycles. The molecule has 1 aromatic carbocycles. The Bertz CT molecular complexity index is 722. The molecule has 0 radical (unpaired) electrons. The van der Waals surface area contributed by atoms with Crippen LogP contribution in [0.5, 0.6) is 0 Å². The summed E-state index contributed by atoms with van der Waals surface area (Å²) in [5, 5.41) is 3.85. The first kappa shape index (κ1) is 11.8. The standard InChI is InChI=1S/C13H8ClFN2O2/c14-9-3-1-2-8(11(9)15)10-12(17-19-13(10)16)7-4-5-18-6-7/h1-6H,16H2. The second-order valence-electron chi connectivity index (χ2n) is 3.88. The van der Waals surface area contributed by atoms with E-state index in [1.165, 1.54) is 18.6 Å². The molecule has 2 heterocycles. The van der Waals surface area contributed by atoms with Gasteiger partial charge in [-0.25, -0.2) is 4.39 Å². The average Bonchev–Trinajstić information content (AvgIpc) is 3.02. The molecule has 0 aliphatic rings. The summed E-state index contributed by atoms with van der Waals surface area (Å²) in [6, 6.07) is 6.34. The molecule has 0 fully saturated rings. The van der Waals surface area contributed by atoms with Gasteiger partial charge in [0.05, 0.1) is 23.1 Å². The van der Waals surface area contributed by atoms with E-state index in [0.29, 0.717) is 16.8 Å². The zero-order valence-corrected chi connectivity index (χ0v) is 10.3. The molecule has 19 heavy (non-hydrogen) atoms. The predicted molar refractivity (Wildman–Crippen MR) is 69.0 cm³/mol. The number of furan rings is 1. The van der Waals surface area contributed by atoms with E-state index >= 15 is 0 Å². The van der Waals surface area contributed by atoms with Crippen molar-refractivity contribution in [3.8, 4) is 22.4 Å². The Morgan fingerprint density at radius 1 is 1.26 bits per heavy atom. The summed E-state index contributed by atoms with van der Waals surface area (Å²) in [7, 11) is 0. The van der Waals surface area contributed by atoms with Gasteiger partial charge in [-0.1, -0.05) is 28.9 Å². The largest absolute Gasteiger partial charge is 0.472 e. The molecule has 0 unspecified atom stereocenters. The Balaban J connectivity index is 2.26. The molecule has 0 bridgehead atoms. The molecular formula is C13H8ClFN2O2. The van der Waals surface area contributed by atoms with Crippen LogP contribution in [-0.2, 0) is 0 Å². The highest BCUT2D eigenvalue weighted by molar-refractivity contribution is 6.31. The first-order valence-corrected chi connectivity index (χ1v) is 5.78. The summed E-state index contributed by atoms with van der Waals surface area (Å²) < 4.78 is 24.0. The number of benzene rings is 1. The molecule has 0 atom stereocenters. The zero-order valence-electron chi connectivity index (χ0n) is 9.56. The van der Waals surface area contributed by atoms with E-state index in [1.54, 1.807) is 18.2 Å². The van der Waals surface area contributed by atoms with Gasteiger partial charge in [-0.15, -0.1) is 0 Å². The van der Waals surface area contributed by atoms with Gasteiger partial charge in [0.25, 0.3) is 0 Å². The Labute approximate surface area is 112 Å². The van der Waals surface area contributed by atoms with Gasteiger partial charge in [-0.05, 0) is 12.1 Å². The van der Waals surface area contributed by atoms with Crippen LogP contribution in [0.3, 0.4) is 0 Å². The second kappa shape index (κ2) is 4.44. The molecule has 0 amide bonds. The number of nitrogens with two attached hydrogens (primary N) is 1. The molecule has 3 rings (SSSR count). The molecule has 2 aromatic heterocycles. The Kier molecular flexibility index (Phi) is 2.76. The molecular weight excluding hydrogens is 271 g/mol. The highest BCUT2D eigenvalue weighted by Gasteiger charge is 2.21. The minimum Gasteiger partial charge on any atom is -0.472 e. The van der Waals surface area contributed by atoms with Crippen LogP contribution in [0.4, 0.5) is 10.3 Å². The number of aromatic nitrogens is 1. The minimum absolute atomic E-state index is 0.0104. The number of halogens is 2. The maximum absolute atomic E-state index is 14.1. The van der Waals surface area contributed by atoms with Crippen LogP contribution >= 0.6 is 11.6 Å². The fourth-order valence-corrected chi connectivity index (χ4v) is 2.03. The third-order valence-corrected chi connectivity index (χ3v) is 3.03. The quantitative estimate of drug-likeness (QED) is 0.770. The van der Waals surface area contributed by atoms with Gasteiger partial charge < -0.3 is 14.7 Å². The molecule has 3 aromatic rings. The van der Waals surface area contributed by atoms with E-state index in [9.17, 15) is 4.39 Å². The molecule has 6 heteroatoms. The SMILES string of the molecule is Nc1onc(-c2ccoc2)c1-c1cccc(Cl)c1F. The van der Waals surface area contributed by atoms with Crippen LogP contribution in [0.15, 0.2) is 45.7 Å². The van der Waals surface area contributed by atoms with Gasteiger partial charge in [-0.2, -0.15) is 0 Å². The summed E-state index contributed by atoms with van der Waals surface area (Å²) in [6.07, 6.45) is 2.96. The van der Waals surface area contributed by atoms with E-state index in [0.717, 1.165) is 0 Å². The lowest BCUT2D eigenvalue weighted by Crippen LogP contribution is -1.91. The maximum Gasteiger partial charge on any atom is 0.230 e. The number of nitrogen functional groups attached to an aromatic ring is 1. The van der Waals surface area contributed by atoms with Crippen LogP contribution in [0, 0.1) is 5.82 Å². The zero-order chi connectivity index (χ0) is 13.4. The minimum atomic E-state index is -0.566. The summed E-state index contributed by atoms with van der Waals surface area (Å²) in [5.41, 5.74) is 7.39. The normalized spacial score (nSPS) is 10.8. The summed E-state index contributed by atoms with van der Waals surface area (Å²) in [5.74, 6) is -0.541. The Hall–Kier alpha value is -2.27. The summed E-state index contributed by atoms with van der Waals surface area (Å²) in [4.78, 5) is 0. The average molecular weight is 279 g/mol. The van der Waals surface area contributed by atoms with Crippen molar-refractivity contribution in [1.82, 2.24) is 5.16 Å². The smallest absolute Gasteiger partial charge is 0.230 e. The van der Waals surface area contributed by atoms with E-state index in [1.807, 2.05) is 0 Å². The lowest BCUT2D eigenvalue weighted by atomic mass is 10.0. The van der Waals surface area contributed by atoms with Crippen molar-refractivity contribution in [3.63, 3.8) is 0 Å². The first-order chi connectivity index (χ1) is 9.18. The van der Waals surface area contributed by atoms with Crippen LogP contribution in [-0.4, -0.2) is 5.16 Å². The van der Waals surface area contributed by atoms with Crippen molar-refractivity contribution in [2.24, 2.45) is 0 Å². The van der Waals surface area contributed by atoms with E-state index in [-0.39, 0.29) is 16.5 Å². The Morgan fingerprint density at radius 2 is 2.11 bits per heavy atom. The van der Waals surface area contributed by atoms with Crippen LogP contribution < -0.4 is 5.73 Å². The second-order valence-corrected chi connectivity index (χ2v) is 4.29. The monoisotopic (exact) mass is 278 g/mol. The molecule has 0 spiro atoms. The van der Waals surface area contributed by atoms with Crippen molar-refractivity contribution >= 4 is 17.5 Å². The van der Waals surface area contributed by atoms with Gasteiger partial charge >= 0.3 is 0 Å².